The number of nitrogens with zero attached hydrogens (tertiary/aromatic N) is 4. The van der Waals surface area contributed by atoms with E-state index < -0.39 is 10.0 Å². The van der Waals surface area contributed by atoms with Gasteiger partial charge in [0.05, 0.1) is 39.9 Å². The number of hydrogen-bond acceptors (Lipinski definition) is 4. The van der Waals surface area contributed by atoms with Gasteiger partial charge in [0.2, 0.25) is 0 Å². The van der Waals surface area contributed by atoms with E-state index in [1.807, 2.05) is 19.9 Å². The molecule has 1 N–H and O–H groups in total. The summed E-state index contributed by atoms with van der Waals surface area (Å²) in [6, 6.07) is 5.34. The fourth-order valence-electron chi connectivity index (χ4n) is 2.66. The van der Waals surface area contributed by atoms with Crippen LogP contribution in [0.15, 0.2) is 35.5 Å². The minimum atomic E-state index is -3.74. The molecule has 0 aliphatic carbocycles. The zero-order valence-corrected chi connectivity index (χ0v) is 17.4. The Morgan fingerprint density at radius 1 is 1.19 bits per heavy atom. The standard InChI is InChI=1S/C17H19Cl2N5O2S/c1-4-23-10-14(8-20-23)27(25,26)22-17-11(2)21-24(12(17)3)9-13-5-6-15(18)16(19)7-13/h5-8,10,22H,4,9H2,1-3H3. The smallest absolute Gasteiger partial charge is 0.265 e. The molecule has 0 unspecified atom stereocenters. The highest BCUT2D eigenvalue weighted by Gasteiger charge is 2.21. The van der Waals surface area contributed by atoms with Gasteiger partial charge in [0.1, 0.15) is 4.90 Å². The summed E-state index contributed by atoms with van der Waals surface area (Å²) in [5.74, 6) is 0. The monoisotopic (exact) mass is 427 g/mol. The van der Waals surface area contributed by atoms with Crippen LogP contribution in [-0.2, 0) is 23.1 Å². The number of halogens is 2. The van der Waals surface area contributed by atoms with Gasteiger partial charge in [-0.25, -0.2) is 8.42 Å². The van der Waals surface area contributed by atoms with Crippen molar-refractivity contribution in [3.05, 3.63) is 57.6 Å². The van der Waals surface area contributed by atoms with Gasteiger partial charge < -0.3 is 0 Å². The summed E-state index contributed by atoms with van der Waals surface area (Å²) in [7, 11) is -3.74. The molecule has 3 aromatic rings. The maximum Gasteiger partial charge on any atom is 0.265 e. The van der Waals surface area contributed by atoms with E-state index in [4.69, 9.17) is 23.2 Å². The van der Waals surface area contributed by atoms with Gasteiger partial charge in [0.15, 0.2) is 0 Å². The lowest BCUT2D eigenvalue weighted by Gasteiger charge is -2.08. The molecule has 0 saturated heterocycles. The fraction of sp³-hybridized carbons (Fsp3) is 0.294. The number of aromatic nitrogens is 4. The van der Waals surface area contributed by atoms with Crippen LogP contribution in [-0.4, -0.2) is 28.0 Å². The average molecular weight is 428 g/mol. The molecular weight excluding hydrogens is 409 g/mol. The van der Waals surface area contributed by atoms with Gasteiger partial charge in [-0.3, -0.25) is 14.1 Å². The maximum absolute atomic E-state index is 12.7. The summed E-state index contributed by atoms with van der Waals surface area (Å²) in [5, 5.41) is 9.41. The molecule has 1 aromatic carbocycles. The van der Waals surface area contributed by atoms with Crippen molar-refractivity contribution in [3.63, 3.8) is 0 Å². The summed E-state index contributed by atoms with van der Waals surface area (Å²) < 4.78 is 31.2. The first-order valence-electron chi connectivity index (χ1n) is 8.24. The zero-order valence-electron chi connectivity index (χ0n) is 15.1. The second-order valence-electron chi connectivity index (χ2n) is 6.09. The van der Waals surface area contributed by atoms with Crippen molar-refractivity contribution < 1.29 is 8.42 Å². The Labute approximate surface area is 168 Å². The fourth-order valence-corrected chi connectivity index (χ4v) is 4.11. The Kier molecular flexibility index (Phi) is 5.50. The number of benzene rings is 1. The van der Waals surface area contributed by atoms with Crippen LogP contribution in [0.2, 0.25) is 10.0 Å². The predicted molar refractivity (Wildman–Crippen MR) is 106 cm³/mol. The molecule has 0 aliphatic rings. The Morgan fingerprint density at radius 2 is 1.93 bits per heavy atom. The van der Waals surface area contributed by atoms with Gasteiger partial charge in [-0.2, -0.15) is 10.2 Å². The lowest BCUT2D eigenvalue weighted by atomic mass is 10.2. The minimum absolute atomic E-state index is 0.111. The molecule has 144 valence electrons. The van der Waals surface area contributed by atoms with Crippen LogP contribution < -0.4 is 4.72 Å². The SMILES string of the molecule is CCn1cc(S(=O)(=O)Nc2c(C)nn(Cc3ccc(Cl)c(Cl)c3)c2C)cn1. The van der Waals surface area contributed by atoms with Crippen molar-refractivity contribution in [3.8, 4) is 0 Å². The Bertz CT molecular complexity index is 1090. The average Bonchev–Trinajstić information content (AvgIpc) is 3.20. The van der Waals surface area contributed by atoms with Crippen LogP contribution in [0.25, 0.3) is 0 Å². The number of sulfonamides is 1. The third-order valence-electron chi connectivity index (χ3n) is 4.18. The van der Waals surface area contributed by atoms with Crippen molar-refractivity contribution >= 4 is 38.9 Å². The zero-order chi connectivity index (χ0) is 19.8. The van der Waals surface area contributed by atoms with Gasteiger partial charge in [-0.15, -0.1) is 0 Å². The number of rotatable bonds is 6. The molecule has 0 spiro atoms. The van der Waals surface area contributed by atoms with E-state index in [0.29, 0.717) is 40.2 Å². The van der Waals surface area contributed by atoms with Crippen LogP contribution in [0.5, 0.6) is 0 Å². The Hall–Kier alpha value is -2.03. The second kappa shape index (κ2) is 7.53. The molecule has 0 amide bonds. The minimum Gasteiger partial charge on any atom is -0.276 e. The third-order valence-corrected chi connectivity index (χ3v) is 6.22. The molecule has 2 heterocycles. The molecule has 0 saturated carbocycles. The highest BCUT2D eigenvalue weighted by Crippen LogP contribution is 2.26. The first-order valence-corrected chi connectivity index (χ1v) is 10.5. The van der Waals surface area contributed by atoms with Crippen molar-refractivity contribution in [2.75, 3.05) is 4.72 Å². The third kappa shape index (κ3) is 4.12. The molecule has 27 heavy (non-hydrogen) atoms. The van der Waals surface area contributed by atoms with Gasteiger partial charge in [0.25, 0.3) is 10.0 Å². The van der Waals surface area contributed by atoms with E-state index in [2.05, 4.69) is 14.9 Å². The molecule has 0 radical (unpaired) electrons. The summed E-state index contributed by atoms with van der Waals surface area (Å²) in [6.45, 7) is 6.49. The van der Waals surface area contributed by atoms with Crippen molar-refractivity contribution in [2.45, 2.75) is 38.8 Å². The Balaban J connectivity index is 1.88. The van der Waals surface area contributed by atoms with Crippen LogP contribution in [0.1, 0.15) is 23.9 Å². The van der Waals surface area contributed by atoms with Gasteiger partial charge in [0, 0.05) is 12.7 Å². The normalized spacial score (nSPS) is 11.7. The lowest BCUT2D eigenvalue weighted by Crippen LogP contribution is -2.14. The Morgan fingerprint density at radius 3 is 2.56 bits per heavy atom. The maximum atomic E-state index is 12.7. The molecular formula is C17H19Cl2N5O2S. The van der Waals surface area contributed by atoms with E-state index in [-0.39, 0.29) is 4.90 Å². The van der Waals surface area contributed by atoms with Crippen molar-refractivity contribution in [2.24, 2.45) is 0 Å². The van der Waals surface area contributed by atoms with Gasteiger partial charge >= 0.3 is 0 Å². The molecule has 0 bridgehead atoms. The largest absolute Gasteiger partial charge is 0.276 e. The van der Waals surface area contributed by atoms with E-state index in [0.717, 1.165) is 5.56 Å². The van der Waals surface area contributed by atoms with Crippen LogP contribution in [0.3, 0.4) is 0 Å². The molecule has 0 aliphatic heterocycles. The number of nitrogens with one attached hydrogen (secondary N) is 1. The predicted octanol–water partition coefficient (Wildman–Crippen LogP) is 3.87. The molecule has 10 heteroatoms. The van der Waals surface area contributed by atoms with E-state index in [9.17, 15) is 8.42 Å². The molecule has 0 atom stereocenters. The number of aryl methyl sites for hydroxylation is 2. The topological polar surface area (TPSA) is 81.8 Å². The highest BCUT2D eigenvalue weighted by molar-refractivity contribution is 7.92. The van der Waals surface area contributed by atoms with Crippen LogP contribution >= 0.6 is 23.2 Å². The number of hydrogen-bond donors (Lipinski definition) is 1. The first kappa shape index (κ1) is 19.7. The lowest BCUT2D eigenvalue weighted by molar-refractivity contribution is 0.600. The summed E-state index contributed by atoms with van der Waals surface area (Å²) in [6.07, 6.45) is 2.82. The molecule has 2 aromatic heterocycles. The van der Waals surface area contributed by atoms with Crippen molar-refractivity contribution in [1.29, 1.82) is 0 Å². The van der Waals surface area contributed by atoms with Crippen molar-refractivity contribution in [1.82, 2.24) is 19.6 Å². The van der Waals surface area contributed by atoms with Gasteiger partial charge in [-0.1, -0.05) is 29.3 Å². The second-order valence-corrected chi connectivity index (χ2v) is 8.59. The van der Waals surface area contributed by atoms with Gasteiger partial charge in [-0.05, 0) is 38.5 Å². The summed E-state index contributed by atoms with van der Waals surface area (Å²) in [4.78, 5) is 0.111. The van der Waals surface area contributed by atoms with Crippen LogP contribution in [0, 0.1) is 13.8 Å². The molecule has 7 nitrogen and oxygen atoms in total. The van der Waals surface area contributed by atoms with E-state index in [1.165, 1.54) is 12.4 Å². The molecule has 0 fully saturated rings. The van der Waals surface area contributed by atoms with E-state index in [1.54, 1.807) is 28.4 Å². The van der Waals surface area contributed by atoms with E-state index >= 15 is 0 Å². The first-order chi connectivity index (χ1) is 12.7. The quantitative estimate of drug-likeness (QED) is 0.646. The highest BCUT2D eigenvalue weighted by atomic mass is 35.5. The number of anilines is 1. The molecule has 3 rings (SSSR count). The summed E-state index contributed by atoms with van der Waals surface area (Å²) in [5.41, 5.74) is 2.65. The van der Waals surface area contributed by atoms with Crippen LogP contribution in [0.4, 0.5) is 5.69 Å². The summed E-state index contributed by atoms with van der Waals surface area (Å²) >= 11 is 12.0.